The number of ether oxygens (including phenoxy) is 2. The maximum absolute atomic E-state index is 11.2. The number of rotatable bonds is 3. The molecule has 0 unspecified atom stereocenters. The van der Waals surface area contributed by atoms with Gasteiger partial charge in [0.05, 0.1) is 19.9 Å². The number of hydrogen-bond acceptors (Lipinski definition) is 5. The van der Waals surface area contributed by atoms with Crippen LogP contribution in [0.1, 0.15) is 10.6 Å². The number of hydrogen-bond donors (Lipinski definition) is 0. The van der Waals surface area contributed by atoms with E-state index in [1.165, 1.54) is 18.1 Å². The predicted molar refractivity (Wildman–Crippen MR) is 59.3 cm³/mol. The zero-order valence-corrected chi connectivity index (χ0v) is 9.45. The summed E-state index contributed by atoms with van der Waals surface area (Å²) in [7, 11) is 2.89. The van der Waals surface area contributed by atoms with Gasteiger partial charge < -0.3 is 9.47 Å². The Morgan fingerprint density at radius 2 is 1.94 bits per heavy atom. The van der Waals surface area contributed by atoms with Crippen LogP contribution in [0.3, 0.4) is 0 Å². The van der Waals surface area contributed by atoms with Gasteiger partial charge >= 0.3 is 5.97 Å². The van der Waals surface area contributed by atoms with Gasteiger partial charge in [-0.3, -0.25) is 0 Å². The maximum atomic E-state index is 11.2. The molecule has 0 aliphatic rings. The molecule has 0 aliphatic carbocycles. The summed E-state index contributed by atoms with van der Waals surface area (Å²) in [6.07, 6.45) is 1.45. The van der Waals surface area contributed by atoms with E-state index in [1.54, 1.807) is 19.2 Å². The third-order valence-electron chi connectivity index (χ3n) is 2.20. The SMILES string of the molecule is COC(=O)c1ncn(-c2ccc(OC)cc2)n1. The van der Waals surface area contributed by atoms with Crippen molar-refractivity contribution in [2.75, 3.05) is 14.2 Å². The first-order chi connectivity index (χ1) is 8.24. The van der Waals surface area contributed by atoms with Crippen molar-refractivity contribution in [1.82, 2.24) is 14.8 Å². The van der Waals surface area contributed by atoms with Crippen molar-refractivity contribution in [3.05, 3.63) is 36.4 Å². The molecule has 0 atom stereocenters. The highest BCUT2D eigenvalue weighted by molar-refractivity contribution is 5.84. The Hall–Kier alpha value is -2.37. The fourth-order valence-corrected chi connectivity index (χ4v) is 1.31. The first-order valence-electron chi connectivity index (χ1n) is 4.89. The number of esters is 1. The van der Waals surface area contributed by atoms with Crippen LogP contribution in [0.4, 0.5) is 0 Å². The summed E-state index contributed by atoms with van der Waals surface area (Å²) in [6.45, 7) is 0. The lowest BCUT2D eigenvalue weighted by Crippen LogP contribution is -2.05. The minimum Gasteiger partial charge on any atom is -0.497 e. The molecule has 0 radical (unpaired) electrons. The van der Waals surface area contributed by atoms with Crippen molar-refractivity contribution in [3.8, 4) is 11.4 Å². The Balaban J connectivity index is 2.27. The number of benzene rings is 1. The van der Waals surface area contributed by atoms with Crippen LogP contribution in [0.5, 0.6) is 5.75 Å². The van der Waals surface area contributed by atoms with E-state index in [0.29, 0.717) is 0 Å². The lowest BCUT2D eigenvalue weighted by Gasteiger charge is -2.02. The van der Waals surface area contributed by atoms with Crippen molar-refractivity contribution in [1.29, 1.82) is 0 Å². The van der Waals surface area contributed by atoms with Crippen LogP contribution >= 0.6 is 0 Å². The molecule has 0 fully saturated rings. The topological polar surface area (TPSA) is 66.2 Å². The largest absolute Gasteiger partial charge is 0.497 e. The molecule has 0 amide bonds. The molecule has 0 spiro atoms. The molecule has 1 aromatic carbocycles. The van der Waals surface area contributed by atoms with Crippen LogP contribution in [0.25, 0.3) is 5.69 Å². The third kappa shape index (κ3) is 2.25. The second-order valence-corrected chi connectivity index (χ2v) is 3.20. The number of aromatic nitrogens is 3. The summed E-state index contributed by atoms with van der Waals surface area (Å²) in [4.78, 5) is 15.0. The zero-order valence-electron chi connectivity index (χ0n) is 9.45. The average molecular weight is 233 g/mol. The van der Waals surface area contributed by atoms with Gasteiger partial charge in [-0.2, -0.15) is 0 Å². The average Bonchev–Trinajstić information content (AvgIpc) is 2.87. The molecule has 2 rings (SSSR count). The number of carbonyl (C=O) groups is 1. The molecule has 88 valence electrons. The fourth-order valence-electron chi connectivity index (χ4n) is 1.31. The Morgan fingerprint density at radius 1 is 1.24 bits per heavy atom. The molecule has 0 N–H and O–H groups in total. The minimum atomic E-state index is -0.558. The lowest BCUT2D eigenvalue weighted by atomic mass is 10.3. The van der Waals surface area contributed by atoms with Crippen LogP contribution in [0.15, 0.2) is 30.6 Å². The van der Waals surface area contributed by atoms with E-state index in [0.717, 1.165) is 11.4 Å². The van der Waals surface area contributed by atoms with Gasteiger partial charge in [-0.05, 0) is 24.3 Å². The van der Waals surface area contributed by atoms with E-state index >= 15 is 0 Å². The van der Waals surface area contributed by atoms with E-state index in [9.17, 15) is 4.79 Å². The van der Waals surface area contributed by atoms with E-state index in [2.05, 4.69) is 14.8 Å². The van der Waals surface area contributed by atoms with Gasteiger partial charge in [0.15, 0.2) is 0 Å². The number of carbonyl (C=O) groups excluding carboxylic acids is 1. The number of methoxy groups -OCH3 is 2. The second-order valence-electron chi connectivity index (χ2n) is 3.20. The van der Waals surface area contributed by atoms with Crippen molar-refractivity contribution in [2.45, 2.75) is 0 Å². The van der Waals surface area contributed by atoms with Gasteiger partial charge in [0.2, 0.25) is 0 Å². The quantitative estimate of drug-likeness (QED) is 0.741. The van der Waals surface area contributed by atoms with Crippen molar-refractivity contribution in [3.63, 3.8) is 0 Å². The molecule has 0 saturated carbocycles. The van der Waals surface area contributed by atoms with Crippen LogP contribution in [0.2, 0.25) is 0 Å². The molecule has 6 heteroatoms. The van der Waals surface area contributed by atoms with Crippen LogP contribution < -0.4 is 4.74 Å². The summed E-state index contributed by atoms with van der Waals surface area (Å²) in [5.74, 6) is 0.225. The Bertz CT molecular complexity index is 519. The van der Waals surface area contributed by atoms with Crippen molar-refractivity contribution in [2.24, 2.45) is 0 Å². The molecule has 2 aromatic rings. The van der Waals surface area contributed by atoms with Gasteiger partial charge in [-0.15, -0.1) is 5.10 Å². The van der Waals surface area contributed by atoms with Crippen LogP contribution in [-0.4, -0.2) is 35.0 Å². The highest BCUT2D eigenvalue weighted by Crippen LogP contribution is 2.13. The summed E-state index contributed by atoms with van der Waals surface area (Å²) >= 11 is 0. The Morgan fingerprint density at radius 3 is 2.53 bits per heavy atom. The first-order valence-corrected chi connectivity index (χ1v) is 4.89. The normalized spacial score (nSPS) is 10.0. The molecule has 0 aliphatic heterocycles. The van der Waals surface area contributed by atoms with Crippen molar-refractivity contribution < 1.29 is 14.3 Å². The highest BCUT2D eigenvalue weighted by Gasteiger charge is 2.11. The van der Waals surface area contributed by atoms with Crippen molar-refractivity contribution >= 4 is 5.97 Å². The zero-order chi connectivity index (χ0) is 12.3. The standard InChI is InChI=1S/C11H11N3O3/c1-16-9-5-3-8(4-6-9)14-7-12-10(13-14)11(15)17-2/h3-7H,1-2H3. The van der Waals surface area contributed by atoms with Gasteiger partial charge in [0.1, 0.15) is 12.1 Å². The number of nitrogens with zero attached hydrogens (tertiary/aromatic N) is 3. The first kappa shape index (κ1) is 11.1. The molecule has 1 heterocycles. The van der Waals surface area contributed by atoms with Gasteiger partial charge in [0.25, 0.3) is 5.82 Å². The van der Waals surface area contributed by atoms with Gasteiger partial charge in [-0.25, -0.2) is 14.5 Å². The summed E-state index contributed by atoms with van der Waals surface area (Å²) in [5.41, 5.74) is 0.786. The Kier molecular flexibility index (Phi) is 3.04. The minimum absolute atomic E-state index is 0.0309. The Labute approximate surface area is 97.8 Å². The van der Waals surface area contributed by atoms with Gasteiger partial charge in [0, 0.05) is 0 Å². The summed E-state index contributed by atoms with van der Waals surface area (Å²) < 4.78 is 11.1. The summed E-state index contributed by atoms with van der Waals surface area (Å²) in [5, 5.41) is 4.00. The monoisotopic (exact) mass is 233 g/mol. The lowest BCUT2D eigenvalue weighted by molar-refractivity contribution is 0.0587. The van der Waals surface area contributed by atoms with E-state index in [-0.39, 0.29) is 5.82 Å². The molecule has 1 aromatic heterocycles. The smallest absolute Gasteiger partial charge is 0.377 e. The molecule has 0 bridgehead atoms. The molecule has 6 nitrogen and oxygen atoms in total. The van der Waals surface area contributed by atoms with E-state index in [4.69, 9.17) is 4.74 Å². The molecular weight excluding hydrogens is 222 g/mol. The van der Waals surface area contributed by atoms with Gasteiger partial charge in [-0.1, -0.05) is 0 Å². The third-order valence-corrected chi connectivity index (χ3v) is 2.20. The molecule has 17 heavy (non-hydrogen) atoms. The predicted octanol–water partition coefficient (Wildman–Crippen LogP) is 1.06. The van der Waals surface area contributed by atoms with E-state index < -0.39 is 5.97 Å². The molecular formula is C11H11N3O3. The molecule has 0 saturated heterocycles. The van der Waals surface area contributed by atoms with Crippen LogP contribution in [0, 0.1) is 0 Å². The second kappa shape index (κ2) is 4.65. The van der Waals surface area contributed by atoms with Crippen LogP contribution in [-0.2, 0) is 4.74 Å². The van der Waals surface area contributed by atoms with E-state index in [1.807, 2.05) is 12.1 Å². The maximum Gasteiger partial charge on any atom is 0.377 e. The highest BCUT2D eigenvalue weighted by atomic mass is 16.5. The fraction of sp³-hybridized carbons (Fsp3) is 0.182. The summed E-state index contributed by atoms with van der Waals surface area (Å²) in [6, 6.07) is 7.23.